The molecular weight excluding hydrogens is 580 g/mol. The van der Waals surface area contributed by atoms with Crippen molar-refractivity contribution in [2.24, 2.45) is 34.5 Å². The second-order valence-corrected chi connectivity index (χ2v) is 14.8. The molecular formula is C39H42O7. The summed E-state index contributed by atoms with van der Waals surface area (Å²) in [4.78, 5) is 69.0. The molecule has 3 unspecified atom stereocenters. The van der Waals surface area contributed by atoms with E-state index >= 15 is 0 Å². The Hall–Kier alpha value is -3.97. The van der Waals surface area contributed by atoms with Gasteiger partial charge in [0, 0.05) is 11.3 Å². The summed E-state index contributed by atoms with van der Waals surface area (Å²) in [5.74, 6) is -8.79. The number of phenolic OH excluding ortho intramolecular Hbond substituents is 1. The molecule has 0 radical (unpaired) electrons. The zero-order chi connectivity index (χ0) is 33.3. The highest BCUT2D eigenvalue weighted by Gasteiger charge is 2.76. The largest absolute Gasteiger partial charge is 0.507 e. The molecule has 6 atom stereocenters. The van der Waals surface area contributed by atoms with E-state index in [1.807, 2.05) is 31.2 Å². The van der Waals surface area contributed by atoms with Crippen LogP contribution in [-0.4, -0.2) is 44.7 Å². The van der Waals surface area contributed by atoms with Gasteiger partial charge in [0.15, 0.2) is 28.7 Å². The smallest absolute Gasteiger partial charge is 0.190 e. The summed E-state index contributed by atoms with van der Waals surface area (Å²) in [5.41, 5.74) is -0.144. The van der Waals surface area contributed by atoms with Crippen LogP contribution in [0.3, 0.4) is 0 Å². The summed E-state index contributed by atoms with van der Waals surface area (Å²) in [6.07, 6.45) is 8.09. The SMILES string of the molecule is CC(=O)C1C(=O)C(C(C)C)[C@@]2(C)C[C@@]3(C)Cc4c(C5=CC=C(CCCc6ccccc6)C5)ccc(O)c4C(=O)C3C(=O)[C@@]2(O)C1=O. The Balaban J connectivity index is 1.35. The van der Waals surface area contributed by atoms with Gasteiger partial charge in [0.1, 0.15) is 17.5 Å². The molecule has 2 fully saturated rings. The number of aliphatic hydroxyl groups is 1. The van der Waals surface area contributed by atoms with Crippen molar-refractivity contribution in [2.45, 2.75) is 78.7 Å². The summed E-state index contributed by atoms with van der Waals surface area (Å²) >= 11 is 0. The molecule has 2 N–H and O–H groups in total. The fourth-order valence-electron chi connectivity index (χ4n) is 9.54. The van der Waals surface area contributed by atoms with E-state index < -0.39 is 63.1 Å². The average molecular weight is 623 g/mol. The van der Waals surface area contributed by atoms with Crippen LogP contribution in [-0.2, 0) is 32.0 Å². The fraction of sp³-hybridized carbons (Fsp3) is 0.462. The number of aromatic hydroxyl groups is 1. The van der Waals surface area contributed by atoms with E-state index in [1.165, 1.54) is 17.2 Å². The molecule has 2 aromatic carbocycles. The molecule has 0 amide bonds. The number of rotatable bonds is 7. The minimum Gasteiger partial charge on any atom is -0.507 e. The van der Waals surface area contributed by atoms with E-state index in [0.29, 0.717) is 12.0 Å². The van der Waals surface area contributed by atoms with Crippen LogP contribution in [0.15, 0.2) is 60.2 Å². The van der Waals surface area contributed by atoms with Crippen molar-refractivity contribution in [3.8, 4) is 5.75 Å². The third-order valence-corrected chi connectivity index (χ3v) is 11.4. The molecule has 0 aromatic heterocycles. The Labute approximate surface area is 269 Å². The van der Waals surface area contributed by atoms with E-state index in [2.05, 4.69) is 24.3 Å². The van der Waals surface area contributed by atoms with Gasteiger partial charge in [-0.15, -0.1) is 0 Å². The number of phenols is 1. The quantitative estimate of drug-likeness (QED) is 0.372. The second kappa shape index (κ2) is 11.1. The number of benzene rings is 2. The Kier molecular flexibility index (Phi) is 7.71. The van der Waals surface area contributed by atoms with E-state index in [-0.39, 0.29) is 30.1 Å². The molecule has 4 aliphatic rings. The summed E-state index contributed by atoms with van der Waals surface area (Å²) in [6, 6.07) is 13.6. The first-order valence-electron chi connectivity index (χ1n) is 16.3. The lowest BCUT2D eigenvalue weighted by Crippen LogP contribution is -2.76. The van der Waals surface area contributed by atoms with Crippen LogP contribution in [0.1, 0.15) is 87.4 Å². The molecule has 7 nitrogen and oxygen atoms in total. The average Bonchev–Trinajstić information content (AvgIpc) is 3.43. The first-order chi connectivity index (χ1) is 21.7. The number of hydrogen-bond donors (Lipinski definition) is 2. The van der Waals surface area contributed by atoms with Crippen molar-refractivity contribution in [3.63, 3.8) is 0 Å². The molecule has 240 valence electrons. The molecule has 0 spiro atoms. The maximum atomic E-state index is 14.5. The van der Waals surface area contributed by atoms with Gasteiger partial charge in [-0.1, -0.05) is 81.8 Å². The van der Waals surface area contributed by atoms with Gasteiger partial charge in [0.25, 0.3) is 0 Å². The Morgan fingerprint density at radius 3 is 2.30 bits per heavy atom. The minimum absolute atomic E-state index is 0.0418. The topological polar surface area (TPSA) is 126 Å². The number of aryl methyl sites for hydroxylation is 1. The number of Topliss-reactive ketones (excluding diaryl/α,β-unsaturated/α-hetero) is 5. The van der Waals surface area contributed by atoms with Gasteiger partial charge in [-0.3, -0.25) is 24.0 Å². The Morgan fingerprint density at radius 1 is 0.957 bits per heavy atom. The van der Waals surface area contributed by atoms with Crippen LogP contribution in [0.5, 0.6) is 5.75 Å². The molecule has 46 heavy (non-hydrogen) atoms. The van der Waals surface area contributed by atoms with Crippen LogP contribution in [0.4, 0.5) is 0 Å². The highest BCUT2D eigenvalue weighted by Crippen LogP contribution is 2.64. The van der Waals surface area contributed by atoms with Gasteiger partial charge in [-0.05, 0) is 85.1 Å². The zero-order valence-electron chi connectivity index (χ0n) is 27.2. The lowest BCUT2D eigenvalue weighted by atomic mass is 9.40. The third kappa shape index (κ3) is 4.53. The molecule has 6 rings (SSSR count). The highest BCUT2D eigenvalue weighted by atomic mass is 16.3. The molecule has 2 saturated carbocycles. The van der Waals surface area contributed by atoms with Crippen LogP contribution in [0.2, 0.25) is 0 Å². The predicted octanol–water partition coefficient (Wildman–Crippen LogP) is 5.83. The number of carbonyl (C=O) groups excluding carboxylic acids is 5. The fourth-order valence-corrected chi connectivity index (χ4v) is 9.54. The normalized spacial score (nSPS) is 32.1. The molecule has 2 aromatic rings. The second-order valence-electron chi connectivity index (χ2n) is 14.8. The summed E-state index contributed by atoms with van der Waals surface area (Å²) in [7, 11) is 0. The van der Waals surface area contributed by atoms with Gasteiger partial charge in [0.05, 0.1) is 11.5 Å². The molecule has 0 aliphatic heterocycles. The van der Waals surface area contributed by atoms with Crippen molar-refractivity contribution < 1.29 is 34.2 Å². The summed E-state index contributed by atoms with van der Waals surface area (Å²) < 4.78 is 0. The maximum Gasteiger partial charge on any atom is 0.190 e. The van der Waals surface area contributed by atoms with Crippen molar-refractivity contribution in [1.29, 1.82) is 0 Å². The summed E-state index contributed by atoms with van der Waals surface area (Å²) in [6.45, 7) is 8.10. The first kappa shape index (κ1) is 32.0. The number of fused-ring (bicyclic) bond motifs is 3. The van der Waals surface area contributed by atoms with Gasteiger partial charge in [-0.25, -0.2) is 0 Å². The number of ketones is 5. The van der Waals surface area contributed by atoms with Gasteiger partial charge >= 0.3 is 0 Å². The van der Waals surface area contributed by atoms with Crippen LogP contribution in [0.25, 0.3) is 5.57 Å². The van der Waals surface area contributed by atoms with E-state index in [4.69, 9.17) is 0 Å². The monoisotopic (exact) mass is 622 g/mol. The van der Waals surface area contributed by atoms with E-state index in [0.717, 1.165) is 37.3 Å². The van der Waals surface area contributed by atoms with E-state index in [1.54, 1.807) is 20.8 Å². The zero-order valence-corrected chi connectivity index (χ0v) is 27.2. The number of carbonyl (C=O) groups is 5. The van der Waals surface area contributed by atoms with Crippen molar-refractivity contribution >= 4 is 34.5 Å². The number of allylic oxidation sites excluding steroid dienone is 4. The van der Waals surface area contributed by atoms with Gasteiger partial charge < -0.3 is 10.2 Å². The molecule has 0 saturated heterocycles. The third-order valence-electron chi connectivity index (χ3n) is 11.4. The van der Waals surface area contributed by atoms with Crippen molar-refractivity contribution in [1.82, 2.24) is 0 Å². The van der Waals surface area contributed by atoms with Crippen LogP contribution < -0.4 is 0 Å². The van der Waals surface area contributed by atoms with Gasteiger partial charge in [0.2, 0.25) is 0 Å². The lowest BCUT2D eigenvalue weighted by Gasteiger charge is -2.61. The highest BCUT2D eigenvalue weighted by molar-refractivity contribution is 6.32. The van der Waals surface area contributed by atoms with Crippen molar-refractivity contribution in [2.75, 3.05) is 0 Å². The van der Waals surface area contributed by atoms with Crippen LogP contribution in [0, 0.1) is 34.5 Å². The van der Waals surface area contributed by atoms with Gasteiger partial charge in [-0.2, -0.15) is 0 Å². The molecule has 4 aliphatic carbocycles. The Morgan fingerprint density at radius 2 is 1.65 bits per heavy atom. The standard InChI is InChI=1S/C39H42O7/c1-21(2)31-33(42)29(22(3)40)35(44)39(46)36(45)32-34(43)30-27(19-37(32,4)20-38(31,39)5)26(16-17-28(30)41)25-15-14-24(18-25)13-9-12-23-10-7-6-8-11-23/h6-8,10-11,14-17,21,29,31-32,41,46H,9,12-13,18-20H2,1-5H3/t29?,31?,32?,37-,38-,39+/m1/s1. The minimum atomic E-state index is -2.69. The van der Waals surface area contributed by atoms with Crippen LogP contribution >= 0.6 is 0 Å². The molecule has 0 heterocycles. The maximum absolute atomic E-state index is 14.5. The number of hydrogen-bond acceptors (Lipinski definition) is 7. The van der Waals surface area contributed by atoms with Crippen molar-refractivity contribution in [3.05, 3.63) is 82.4 Å². The summed E-state index contributed by atoms with van der Waals surface area (Å²) in [5, 5.41) is 23.2. The Bertz CT molecular complexity index is 1750. The van der Waals surface area contributed by atoms with E-state index in [9.17, 15) is 34.2 Å². The lowest BCUT2D eigenvalue weighted by molar-refractivity contribution is -0.205. The molecule has 7 heteroatoms. The predicted molar refractivity (Wildman–Crippen MR) is 173 cm³/mol. The molecule has 0 bridgehead atoms. The first-order valence-corrected chi connectivity index (χ1v) is 16.3.